The fourth-order valence-electron chi connectivity index (χ4n) is 4.38. The molecule has 0 radical (unpaired) electrons. The summed E-state index contributed by atoms with van der Waals surface area (Å²) >= 11 is 0. The number of amides is 1. The molecule has 0 aliphatic rings. The lowest BCUT2D eigenvalue weighted by molar-refractivity contribution is -0.137. The highest BCUT2D eigenvalue weighted by Gasteiger charge is 2.00. The zero-order valence-electron chi connectivity index (χ0n) is 35.8. The number of aldehydes is 1. The molecule has 0 saturated heterocycles. The molecule has 0 spiro atoms. The molecule has 0 unspecified atom stereocenters. The fraction of sp³-hybridized carbons (Fsp3) is 0.810. The zero-order valence-corrected chi connectivity index (χ0v) is 35.8. The van der Waals surface area contributed by atoms with E-state index in [0.717, 1.165) is 65.1 Å². The van der Waals surface area contributed by atoms with Gasteiger partial charge in [0, 0.05) is 45.3 Å². The summed E-state index contributed by atoms with van der Waals surface area (Å²) in [6.45, 7) is 22.2. The van der Waals surface area contributed by atoms with Crippen LogP contribution in [-0.2, 0) is 33.4 Å². The number of nitrogens with one attached hydrogen (secondary N) is 2. The first-order valence-electron chi connectivity index (χ1n) is 20.4. The molecule has 324 valence electrons. The average Bonchev–Trinajstić information content (AvgIpc) is 3.18. The van der Waals surface area contributed by atoms with Crippen LogP contribution in [0.15, 0.2) is 24.4 Å². The zero-order chi connectivity index (χ0) is 42.4. The first-order valence-corrected chi connectivity index (χ1v) is 20.4. The third-order valence-corrected chi connectivity index (χ3v) is 7.10. The van der Waals surface area contributed by atoms with Crippen molar-refractivity contribution in [3.63, 3.8) is 0 Å². The summed E-state index contributed by atoms with van der Waals surface area (Å²) in [5.41, 5.74) is 7.04. The number of aliphatic carboxylic acids is 1. The Balaban J connectivity index is -0.000000168. The first-order chi connectivity index (χ1) is 26.2. The van der Waals surface area contributed by atoms with Crippen LogP contribution in [0.25, 0.3) is 0 Å². The number of rotatable bonds is 34. The third kappa shape index (κ3) is 78.4. The number of nitrogens with two attached hydrogens (primary N) is 1. The lowest BCUT2D eigenvalue weighted by Gasteiger charge is -2.06. The number of carboxylic acids is 1. The molecule has 0 saturated carbocycles. The minimum atomic E-state index is -0.667. The van der Waals surface area contributed by atoms with Crippen LogP contribution in [0.5, 0.6) is 0 Å². The van der Waals surface area contributed by atoms with Crippen molar-refractivity contribution in [3.8, 4) is 0 Å². The second kappa shape index (κ2) is 65.3. The van der Waals surface area contributed by atoms with E-state index in [9.17, 15) is 14.4 Å². The Morgan fingerprint density at radius 2 is 1.09 bits per heavy atom. The largest absolute Gasteiger partial charge is 0.481 e. The summed E-state index contributed by atoms with van der Waals surface area (Å²) < 4.78 is 15.4. The van der Waals surface area contributed by atoms with Crippen molar-refractivity contribution < 1.29 is 43.6 Å². The summed E-state index contributed by atoms with van der Waals surface area (Å²) in [5, 5.41) is 21.3. The lowest BCUT2D eigenvalue weighted by Crippen LogP contribution is -2.28. The van der Waals surface area contributed by atoms with Crippen LogP contribution in [-0.4, -0.2) is 102 Å². The van der Waals surface area contributed by atoms with Crippen LogP contribution in [0, 0.1) is 0 Å². The second-order valence-corrected chi connectivity index (χ2v) is 12.1. The molecule has 0 aromatic heterocycles. The van der Waals surface area contributed by atoms with Gasteiger partial charge >= 0.3 is 5.97 Å². The molecule has 0 fully saturated rings. The van der Waals surface area contributed by atoms with Gasteiger partial charge in [0.15, 0.2) is 0 Å². The smallest absolute Gasteiger partial charge is 0.303 e. The molecule has 0 bridgehead atoms. The number of hydrogen-bond acceptors (Lipinski definition) is 10. The molecule has 1 amide bonds. The standard InChI is InChI=1S/C22H40O3.C10H22N2O3.C6H13NO.C2H6.CH4O.CH2O/c1-21(18-16-20-23)17-14-12-10-8-6-4-2-3-5-7-9-11-13-15-19-22(24)25;1-3-4-12-10(13)9-15-8-7-14-6-5-11-2;1-3-4-8-5-6(2)7;3*1-2/h20H,1-19H2,(H,24,25);11H,3-9H2,1-2H3,(H,12,13);2-5,7H2,1H3;1-2H3;2H,1H3;1H2. The van der Waals surface area contributed by atoms with E-state index < -0.39 is 5.97 Å². The summed E-state index contributed by atoms with van der Waals surface area (Å²) in [7, 11) is 2.87. The first kappa shape index (κ1) is 63.3. The quantitative estimate of drug-likeness (QED) is 0.0243. The molecule has 0 aromatic carbocycles. The molecule has 0 atom stereocenters. The molecule has 0 aliphatic heterocycles. The molecular formula is C42H87N3O9. The van der Waals surface area contributed by atoms with Gasteiger partial charge in [0.1, 0.15) is 19.7 Å². The Labute approximate surface area is 331 Å². The summed E-state index contributed by atoms with van der Waals surface area (Å²) in [6.07, 6.45) is 23.5. The van der Waals surface area contributed by atoms with Gasteiger partial charge in [-0.15, -0.1) is 0 Å². The molecule has 12 heteroatoms. The van der Waals surface area contributed by atoms with Crippen molar-refractivity contribution in [1.29, 1.82) is 0 Å². The van der Waals surface area contributed by atoms with Crippen LogP contribution in [0.3, 0.4) is 0 Å². The number of carbonyl (C=O) groups excluding carboxylic acids is 3. The number of carboxylic acid groups (broad SMARTS) is 1. The third-order valence-electron chi connectivity index (χ3n) is 7.10. The monoisotopic (exact) mass is 778 g/mol. The minimum absolute atomic E-state index is 0.0629. The normalized spacial score (nSPS) is 9.46. The van der Waals surface area contributed by atoms with Gasteiger partial charge in [-0.1, -0.05) is 123 Å². The Bertz CT molecular complexity index is 757. The number of likely N-dealkylation sites (N-methyl/N-ethyl adjacent to an activating group) is 1. The van der Waals surface area contributed by atoms with Gasteiger partial charge in [0.2, 0.25) is 5.91 Å². The molecule has 54 heavy (non-hydrogen) atoms. The highest BCUT2D eigenvalue weighted by atomic mass is 16.5. The predicted molar refractivity (Wildman–Crippen MR) is 226 cm³/mol. The van der Waals surface area contributed by atoms with Crippen LogP contribution >= 0.6 is 0 Å². The fourth-order valence-corrected chi connectivity index (χ4v) is 4.38. The average molecular weight is 778 g/mol. The summed E-state index contributed by atoms with van der Waals surface area (Å²) in [5.74, 6) is -0.730. The van der Waals surface area contributed by atoms with Gasteiger partial charge in [0.05, 0.1) is 26.4 Å². The number of hydrogen-bond donors (Lipinski definition) is 5. The molecule has 6 N–H and O–H groups in total. The predicted octanol–water partition coefficient (Wildman–Crippen LogP) is 7.95. The Kier molecular flexibility index (Phi) is 76.5. The summed E-state index contributed by atoms with van der Waals surface area (Å²) in [6, 6.07) is 0. The Morgan fingerprint density at radius 3 is 1.50 bits per heavy atom. The van der Waals surface area contributed by atoms with E-state index in [1.165, 1.54) is 82.6 Å². The van der Waals surface area contributed by atoms with E-state index in [1.54, 1.807) is 0 Å². The maximum absolute atomic E-state index is 11.1. The summed E-state index contributed by atoms with van der Waals surface area (Å²) in [4.78, 5) is 39.7. The van der Waals surface area contributed by atoms with E-state index in [4.69, 9.17) is 35.0 Å². The van der Waals surface area contributed by atoms with Gasteiger partial charge in [-0.2, -0.15) is 0 Å². The number of aliphatic hydroxyl groups is 1. The van der Waals surface area contributed by atoms with Gasteiger partial charge in [-0.3, -0.25) is 9.59 Å². The Morgan fingerprint density at radius 1 is 0.648 bits per heavy atom. The topological polar surface area (TPSA) is 187 Å². The van der Waals surface area contributed by atoms with Gasteiger partial charge in [0.25, 0.3) is 0 Å². The number of allylic oxidation sites excluding steroid dienone is 1. The lowest BCUT2D eigenvalue weighted by atomic mass is 10.0. The molecule has 0 aromatic rings. The number of aliphatic hydroxyl groups excluding tert-OH is 1. The molecule has 12 nitrogen and oxygen atoms in total. The van der Waals surface area contributed by atoms with Gasteiger partial charge in [-0.05, 0) is 45.6 Å². The molecular weight excluding hydrogens is 690 g/mol. The van der Waals surface area contributed by atoms with Crippen molar-refractivity contribution >= 4 is 25.0 Å². The number of ether oxygens (including phenoxy) is 3. The van der Waals surface area contributed by atoms with E-state index >= 15 is 0 Å². The Hall–Kier alpha value is -2.64. The van der Waals surface area contributed by atoms with Gasteiger partial charge < -0.3 is 50.4 Å². The van der Waals surface area contributed by atoms with Crippen molar-refractivity contribution in [2.75, 3.05) is 66.9 Å². The molecule has 0 rings (SSSR count). The maximum Gasteiger partial charge on any atom is 0.303 e. The molecule has 0 aliphatic carbocycles. The van der Waals surface area contributed by atoms with Crippen molar-refractivity contribution in [3.05, 3.63) is 24.4 Å². The van der Waals surface area contributed by atoms with E-state index in [2.05, 4.69) is 30.7 Å². The van der Waals surface area contributed by atoms with Crippen LogP contribution in [0.1, 0.15) is 156 Å². The van der Waals surface area contributed by atoms with Crippen LogP contribution in [0.2, 0.25) is 0 Å². The SMILES string of the molecule is C=C(CCC=O)CCCCCCCCCCCCCCCCC(=O)O.C=C(N)COCCC.C=O.CC.CCCNC(=O)COCCOCCNC.CO. The highest BCUT2D eigenvalue weighted by molar-refractivity contribution is 5.77. The van der Waals surface area contributed by atoms with Gasteiger partial charge in [-0.25, -0.2) is 0 Å². The van der Waals surface area contributed by atoms with Crippen molar-refractivity contribution in [1.82, 2.24) is 10.6 Å². The number of unbranched alkanes of at least 4 members (excludes halogenated alkanes) is 13. The van der Waals surface area contributed by atoms with E-state index in [1.807, 2.05) is 34.6 Å². The van der Waals surface area contributed by atoms with E-state index in [-0.39, 0.29) is 12.5 Å². The van der Waals surface area contributed by atoms with Crippen molar-refractivity contribution in [2.24, 2.45) is 5.73 Å². The second-order valence-electron chi connectivity index (χ2n) is 12.1. The van der Waals surface area contributed by atoms with Crippen molar-refractivity contribution in [2.45, 2.75) is 156 Å². The maximum atomic E-state index is 11.1. The van der Waals surface area contributed by atoms with Crippen LogP contribution in [0.4, 0.5) is 0 Å². The number of carbonyl (C=O) groups is 4. The highest BCUT2D eigenvalue weighted by Crippen LogP contribution is 2.16. The van der Waals surface area contributed by atoms with E-state index in [0.29, 0.717) is 51.5 Å². The minimum Gasteiger partial charge on any atom is -0.481 e. The molecule has 0 heterocycles. The van der Waals surface area contributed by atoms with Crippen LogP contribution < -0.4 is 16.4 Å².